The molecular formula is C13H16N2O. The van der Waals surface area contributed by atoms with Gasteiger partial charge in [0.1, 0.15) is 6.04 Å². The number of nitrogens with zero attached hydrogens (tertiary/aromatic N) is 1. The lowest BCUT2D eigenvalue weighted by Gasteiger charge is -2.12. The summed E-state index contributed by atoms with van der Waals surface area (Å²) in [7, 11) is 0. The molecule has 0 unspecified atom stereocenters. The second-order valence-corrected chi connectivity index (χ2v) is 3.83. The molecule has 0 bridgehead atoms. The third kappa shape index (κ3) is 2.60. The molecular weight excluding hydrogens is 200 g/mol. The molecule has 0 aliphatic heterocycles. The summed E-state index contributed by atoms with van der Waals surface area (Å²) in [5, 5.41) is 11.5. The number of carbonyl (C=O) groups excluding carboxylic acids is 1. The minimum atomic E-state index is -0.411. The number of aryl methyl sites for hydroxylation is 2. The van der Waals surface area contributed by atoms with Gasteiger partial charge in [-0.1, -0.05) is 25.1 Å². The molecule has 16 heavy (non-hydrogen) atoms. The molecule has 1 aromatic carbocycles. The molecule has 0 aliphatic carbocycles. The van der Waals surface area contributed by atoms with Crippen LogP contribution in [0.3, 0.4) is 0 Å². The minimum Gasteiger partial charge on any atom is -0.336 e. The Bertz CT molecular complexity index is 412. The van der Waals surface area contributed by atoms with Crippen LogP contribution in [0.15, 0.2) is 18.2 Å². The summed E-state index contributed by atoms with van der Waals surface area (Å²) >= 11 is 0. The smallest absolute Gasteiger partial charge is 0.252 e. The normalized spacial score (nSPS) is 11.6. The van der Waals surface area contributed by atoms with Gasteiger partial charge in [0.15, 0.2) is 0 Å². The minimum absolute atomic E-state index is 0.163. The highest BCUT2D eigenvalue weighted by atomic mass is 16.1. The number of nitriles is 1. The number of benzene rings is 1. The summed E-state index contributed by atoms with van der Waals surface area (Å²) < 4.78 is 0. The molecule has 1 amide bonds. The third-order valence-corrected chi connectivity index (χ3v) is 2.58. The zero-order valence-electron chi connectivity index (χ0n) is 9.87. The van der Waals surface area contributed by atoms with Crippen molar-refractivity contribution in [3.63, 3.8) is 0 Å². The topological polar surface area (TPSA) is 52.9 Å². The molecule has 0 aliphatic rings. The van der Waals surface area contributed by atoms with E-state index < -0.39 is 6.04 Å². The van der Waals surface area contributed by atoms with Gasteiger partial charge in [-0.15, -0.1) is 0 Å². The van der Waals surface area contributed by atoms with E-state index in [1.165, 1.54) is 0 Å². The predicted molar refractivity (Wildman–Crippen MR) is 63.1 cm³/mol. The van der Waals surface area contributed by atoms with E-state index in [1.54, 1.807) is 0 Å². The molecule has 1 aromatic rings. The van der Waals surface area contributed by atoms with Crippen molar-refractivity contribution in [3.8, 4) is 6.07 Å². The first-order valence-electron chi connectivity index (χ1n) is 5.36. The van der Waals surface area contributed by atoms with Gasteiger partial charge in [0.2, 0.25) is 0 Å². The summed E-state index contributed by atoms with van der Waals surface area (Å²) in [5.74, 6) is -0.163. The van der Waals surface area contributed by atoms with Crippen LogP contribution in [0.2, 0.25) is 0 Å². The Labute approximate surface area is 96.1 Å². The van der Waals surface area contributed by atoms with Crippen LogP contribution < -0.4 is 5.32 Å². The van der Waals surface area contributed by atoms with E-state index in [4.69, 9.17) is 5.26 Å². The van der Waals surface area contributed by atoms with Gasteiger partial charge in [-0.3, -0.25) is 4.79 Å². The zero-order valence-corrected chi connectivity index (χ0v) is 9.87. The molecule has 3 heteroatoms. The average molecular weight is 216 g/mol. The molecule has 0 saturated heterocycles. The standard InChI is InChI=1S/C13H16N2O/c1-4-11(8-14)15-13(16)12-9(2)6-5-7-10(12)3/h5-7,11H,4H2,1-3H3,(H,15,16)/t11-/m1/s1. The first kappa shape index (κ1) is 12.3. The maximum atomic E-state index is 12.0. The van der Waals surface area contributed by atoms with Crippen molar-refractivity contribution in [1.82, 2.24) is 5.32 Å². The molecule has 3 nitrogen and oxygen atoms in total. The highest BCUT2D eigenvalue weighted by molar-refractivity contribution is 5.97. The van der Waals surface area contributed by atoms with Crippen LogP contribution in [0.1, 0.15) is 34.8 Å². The number of hydrogen-bond acceptors (Lipinski definition) is 2. The Morgan fingerprint density at radius 2 is 2.00 bits per heavy atom. The average Bonchev–Trinajstić information content (AvgIpc) is 2.25. The molecule has 0 spiro atoms. The fraction of sp³-hybridized carbons (Fsp3) is 0.385. The second-order valence-electron chi connectivity index (χ2n) is 3.83. The first-order valence-corrected chi connectivity index (χ1v) is 5.36. The molecule has 1 rings (SSSR count). The van der Waals surface area contributed by atoms with Crippen LogP contribution in [0.4, 0.5) is 0 Å². The molecule has 0 aromatic heterocycles. The van der Waals surface area contributed by atoms with E-state index in [-0.39, 0.29) is 5.91 Å². The molecule has 84 valence electrons. The number of nitrogens with one attached hydrogen (secondary N) is 1. The van der Waals surface area contributed by atoms with Gasteiger partial charge in [-0.05, 0) is 31.4 Å². The Kier molecular flexibility index (Phi) is 4.07. The lowest BCUT2D eigenvalue weighted by Crippen LogP contribution is -2.34. The van der Waals surface area contributed by atoms with E-state index in [0.717, 1.165) is 11.1 Å². The fourth-order valence-corrected chi connectivity index (χ4v) is 1.63. The number of carbonyl (C=O) groups is 1. The van der Waals surface area contributed by atoms with E-state index in [1.807, 2.05) is 39.0 Å². The van der Waals surface area contributed by atoms with Crippen molar-refractivity contribution < 1.29 is 4.79 Å². The maximum Gasteiger partial charge on any atom is 0.252 e. The molecule has 0 radical (unpaired) electrons. The van der Waals surface area contributed by atoms with Crippen LogP contribution in [-0.2, 0) is 0 Å². The van der Waals surface area contributed by atoms with Gasteiger partial charge in [0.05, 0.1) is 6.07 Å². The van der Waals surface area contributed by atoms with Gasteiger partial charge < -0.3 is 5.32 Å². The lowest BCUT2D eigenvalue weighted by atomic mass is 10.0. The van der Waals surface area contributed by atoms with Crippen LogP contribution in [-0.4, -0.2) is 11.9 Å². The monoisotopic (exact) mass is 216 g/mol. The van der Waals surface area contributed by atoms with Crippen molar-refractivity contribution in [1.29, 1.82) is 5.26 Å². The van der Waals surface area contributed by atoms with Crippen LogP contribution in [0, 0.1) is 25.2 Å². The molecule has 0 saturated carbocycles. The Balaban J connectivity index is 2.94. The fourth-order valence-electron chi connectivity index (χ4n) is 1.63. The van der Waals surface area contributed by atoms with Crippen molar-refractivity contribution in [2.24, 2.45) is 0 Å². The lowest BCUT2D eigenvalue weighted by molar-refractivity contribution is 0.0943. The van der Waals surface area contributed by atoms with Crippen molar-refractivity contribution in [2.75, 3.05) is 0 Å². The summed E-state index contributed by atoms with van der Waals surface area (Å²) in [4.78, 5) is 12.0. The molecule has 1 N–H and O–H groups in total. The van der Waals surface area contributed by atoms with Gasteiger partial charge in [0.25, 0.3) is 5.91 Å². The summed E-state index contributed by atoms with van der Waals surface area (Å²) in [6.07, 6.45) is 0.618. The summed E-state index contributed by atoms with van der Waals surface area (Å²) in [6.45, 7) is 5.67. The SMILES string of the molecule is CC[C@H](C#N)NC(=O)c1c(C)cccc1C. The Morgan fingerprint density at radius 1 is 1.44 bits per heavy atom. The Hall–Kier alpha value is -1.82. The van der Waals surface area contributed by atoms with E-state index in [9.17, 15) is 4.79 Å². The quantitative estimate of drug-likeness (QED) is 0.843. The van der Waals surface area contributed by atoms with Crippen LogP contribution in [0.25, 0.3) is 0 Å². The van der Waals surface area contributed by atoms with Gasteiger partial charge in [-0.25, -0.2) is 0 Å². The molecule has 0 fully saturated rings. The number of amides is 1. The van der Waals surface area contributed by atoms with Crippen molar-refractivity contribution in [2.45, 2.75) is 33.2 Å². The summed E-state index contributed by atoms with van der Waals surface area (Å²) in [6, 6.07) is 7.36. The van der Waals surface area contributed by atoms with Crippen LogP contribution in [0.5, 0.6) is 0 Å². The van der Waals surface area contributed by atoms with Crippen molar-refractivity contribution in [3.05, 3.63) is 34.9 Å². The number of rotatable bonds is 3. The Morgan fingerprint density at radius 3 is 2.44 bits per heavy atom. The van der Waals surface area contributed by atoms with E-state index in [2.05, 4.69) is 11.4 Å². The van der Waals surface area contributed by atoms with E-state index >= 15 is 0 Å². The molecule has 1 atom stereocenters. The predicted octanol–water partition coefficient (Wildman–Crippen LogP) is 2.34. The zero-order chi connectivity index (χ0) is 12.1. The first-order chi connectivity index (χ1) is 7.60. The van der Waals surface area contributed by atoms with Crippen LogP contribution >= 0.6 is 0 Å². The second kappa shape index (κ2) is 5.32. The van der Waals surface area contributed by atoms with Crippen molar-refractivity contribution >= 4 is 5.91 Å². The van der Waals surface area contributed by atoms with Gasteiger partial charge >= 0.3 is 0 Å². The maximum absolute atomic E-state index is 12.0. The highest BCUT2D eigenvalue weighted by Crippen LogP contribution is 2.13. The highest BCUT2D eigenvalue weighted by Gasteiger charge is 2.14. The van der Waals surface area contributed by atoms with Gasteiger partial charge in [0, 0.05) is 5.56 Å². The van der Waals surface area contributed by atoms with E-state index in [0.29, 0.717) is 12.0 Å². The van der Waals surface area contributed by atoms with Gasteiger partial charge in [-0.2, -0.15) is 5.26 Å². The summed E-state index contributed by atoms with van der Waals surface area (Å²) in [5.41, 5.74) is 2.55. The number of hydrogen-bond donors (Lipinski definition) is 1. The third-order valence-electron chi connectivity index (χ3n) is 2.58. The largest absolute Gasteiger partial charge is 0.336 e. The molecule has 0 heterocycles.